The molecule has 0 aromatic carbocycles. The van der Waals surface area contributed by atoms with Crippen molar-refractivity contribution in [1.82, 2.24) is 15.2 Å². The molecule has 0 saturated heterocycles. The summed E-state index contributed by atoms with van der Waals surface area (Å²) in [5, 5.41) is 6.55. The Morgan fingerprint density at radius 2 is 2.10 bits per heavy atom. The molecule has 1 saturated carbocycles. The molecule has 0 bridgehead atoms. The summed E-state index contributed by atoms with van der Waals surface area (Å²) in [6.07, 6.45) is 4.95. The maximum Gasteiger partial charge on any atom is 0.407 e. The lowest BCUT2D eigenvalue weighted by atomic mass is 10.1. The van der Waals surface area contributed by atoms with Gasteiger partial charge in [0, 0.05) is 37.6 Å². The molecule has 1 aromatic heterocycles. The molecule has 1 aliphatic rings. The van der Waals surface area contributed by atoms with E-state index in [0.29, 0.717) is 6.04 Å². The number of nitrogens with one attached hydrogen (secondary N) is 2. The van der Waals surface area contributed by atoms with Crippen LogP contribution in [0.5, 0.6) is 0 Å². The van der Waals surface area contributed by atoms with Gasteiger partial charge in [-0.15, -0.1) is 0 Å². The summed E-state index contributed by atoms with van der Waals surface area (Å²) in [6.45, 7) is 6.46. The van der Waals surface area contributed by atoms with Gasteiger partial charge in [0.05, 0.1) is 0 Å². The Morgan fingerprint density at radius 1 is 1.38 bits per heavy atom. The second-order valence-electron chi connectivity index (χ2n) is 6.78. The van der Waals surface area contributed by atoms with Crippen LogP contribution in [0.3, 0.4) is 0 Å². The molecule has 0 aliphatic heterocycles. The molecule has 5 heteroatoms. The number of carbonyl (C=O) groups excluding carboxylic acids is 1. The van der Waals surface area contributed by atoms with Gasteiger partial charge in [-0.25, -0.2) is 4.79 Å². The summed E-state index contributed by atoms with van der Waals surface area (Å²) in [5.74, 6) is 0. The molecule has 2 rings (SSSR count). The first-order valence-electron chi connectivity index (χ1n) is 7.68. The lowest BCUT2D eigenvalue weighted by Gasteiger charge is -2.25. The Labute approximate surface area is 127 Å². The second-order valence-corrected chi connectivity index (χ2v) is 6.78. The van der Waals surface area contributed by atoms with Gasteiger partial charge in [0.25, 0.3) is 0 Å². The van der Waals surface area contributed by atoms with E-state index in [1.807, 2.05) is 40.1 Å². The van der Waals surface area contributed by atoms with Gasteiger partial charge in [-0.1, -0.05) is 0 Å². The van der Waals surface area contributed by atoms with Crippen molar-refractivity contribution in [2.75, 3.05) is 0 Å². The Balaban J connectivity index is 1.83. The summed E-state index contributed by atoms with van der Waals surface area (Å²) in [7, 11) is 2.04. The van der Waals surface area contributed by atoms with Crippen LogP contribution in [0, 0.1) is 0 Å². The molecule has 0 radical (unpaired) electrons. The number of carbonyl (C=O) groups is 1. The minimum Gasteiger partial charge on any atom is -0.444 e. The van der Waals surface area contributed by atoms with Crippen LogP contribution in [0.4, 0.5) is 4.79 Å². The highest BCUT2D eigenvalue weighted by atomic mass is 16.6. The molecule has 118 valence electrons. The fourth-order valence-electron chi connectivity index (χ4n) is 2.75. The summed E-state index contributed by atoms with van der Waals surface area (Å²) in [4.78, 5) is 11.9. The highest BCUT2D eigenvalue weighted by Gasteiger charge is 2.29. The maximum absolute atomic E-state index is 11.9. The highest BCUT2D eigenvalue weighted by molar-refractivity contribution is 5.68. The van der Waals surface area contributed by atoms with Gasteiger partial charge in [-0.05, 0) is 52.2 Å². The van der Waals surface area contributed by atoms with Crippen LogP contribution >= 0.6 is 0 Å². The second kappa shape index (κ2) is 6.52. The average molecular weight is 293 g/mol. The third kappa shape index (κ3) is 4.77. The normalized spacial score (nSPS) is 22.3. The smallest absolute Gasteiger partial charge is 0.407 e. The lowest BCUT2D eigenvalue weighted by Crippen LogP contribution is -2.47. The molecule has 2 N–H and O–H groups in total. The fourth-order valence-corrected chi connectivity index (χ4v) is 2.75. The molecule has 1 aliphatic carbocycles. The number of ether oxygens (including phenoxy) is 1. The molecule has 1 fully saturated rings. The zero-order chi connectivity index (χ0) is 15.5. The van der Waals surface area contributed by atoms with Gasteiger partial charge in [0.1, 0.15) is 5.60 Å². The minimum atomic E-state index is -0.450. The molecule has 1 amide bonds. The highest BCUT2D eigenvalue weighted by Crippen LogP contribution is 2.20. The first-order chi connectivity index (χ1) is 9.85. The van der Waals surface area contributed by atoms with Crippen molar-refractivity contribution in [3.8, 4) is 0 Å². The Hall–Kier alpha value is -1.49. The first kappa shape index (κ1) is 15.9. The number of alkyl carbamates (subject to hydrolysis) is 1. The van der Waals surface area contributed by atoms with Crippen LogP contribution in [0.1, 0.15) is 45.7 Å². The van der Waals surface area contributed by atoms with E-state index >= 15 is 0 Å². The van der Waals surface area contributed by atoms with Crippen molar-refractivity contribution >= 4 is 6.09 Å². The average Bonchev–Trinajstić information content (AvgIpc) is 2.93. The largest absolute Gasteiger partial charge is 0.444 e. The van der Waals surface area contributed by atoms with Crippen molar-refractivity contribution in [3.63, 3.8) is 0 Å². The third-order valence-corrected chi connectivity index (χ3v) is 3.81. The van der Waals surface area contributed by atoms with Crippen LogP contribution < -0.4 is 10.6 Å². The lowest BCUT2D eigenvalue weighted by molar-refractivity contribution is 0.0498. The quantitative estimate of drug-likeness (QED) is 0.897. The molecule has 2 atom stereocenters. The summed E-state index contributed by atoms with van der Waals surface area (Å²) in [6, 6.07) is 4.62. The standard InChI is InChI=1S/C16H27N3O2/c1-16(2,3)21-15(20)18-14-9-5-8-13(14)17-11-12-7-6-10-19(12)4/h6-7,10,13-14,17H,5,8-9,11H2,1-4H3,(H,18,20). The topological polar surface area (TPSA) is 55.3 Å². The summed E-state index contributed by atoms with van der Waals surface area (Å²) in [5.41, 5.74) is 0.798. The van der Waals surface area contributed by atoms with E-state index in [-0.39, 0.29) is 12.1 Å². The van der Waals surface area contributed by atoms with E-state index < -0.39 is 5.60 Å². The van der Waals surface area contributed by atoms with E-state index in [9.17, 15) is 4.79 Å². The molecular weight excluding hydrogens is 266 g/mol. The number of amides is 1. The number of aryl methyl sites for hydroxylation is 1. The van der Waals surface area contributed by atoms with E-state index in [1.165, 1.54) is 5.69 Å². The van der Waals surface area contributed by atoms with Crippen LogP contribution in [0.15, 0.2) is 18.3 Å². The Bertz CT molecular complexity index is 476. The molecule has 1 heterocycles. The van der Waals surface area contributed by atoms with Crippen molar-refractivity contribution in [1.29, 1.82) is 0 Å². The van der Waals surface area contributed by atoms with Gasteiger partial charge < -0.3 is 19.9 Å². The van der Waals surface area contributed by atoms with Crippen LogP contribution in [0.2, 0.25) is 0 Å². The van der Waals surface area contributed by atoms with Crippen LogP contribution in [0.25, 0.3) is 0 Å². The van der Waals surface area contributed by atoms with Crippen molar-refractivity contribution in [3.05, 3.63) is 24.0 Å². The van der Waals surface area contributed by atoms with E-state index in [0.717, 1.165) is 25.8 Å². The summed E-state index contributed by atoms with van der Waals surface area (Å²) < 4.78 is 7.44. The van der Waals surface area contributed by atoms with Crippen molar-refractivity contribution < 1.29 is 9.53 Å². The first-order valence-corrected chi connectivity index (χ1v) is 7.68. The Morgan fingerprint density at radius 3 is 2.71 bits per heavy atom. The maximum atomic E-state index is 11.9. The van der Waals surface area contributed by atoms with Crippen LogP contribution in [-0.4, -0.2) is 28.3 Å². The molecular formula is C16H27N3O2. The summed E-state index contributed by atoms with van der Waals surface area (Å²) >= 11 is 0. The number of hydrogen-bond donors (Lipinski definition) is 2. The SMILES string of the molecule is Cn1cccc1CNC1CCCC1NC(=O)OC(C)(C)C. The molecule has 5 nitrogen and oxygen atoms in total. The number of nitrogens with zero attached hydrogens (tertiary/aromatic N) is 1. The Kier molecular flexibility index (Phi) is 4.93. The van der Waals surface area contributed by atoms with E-state index in [1.54, 1.807) is 0 Å². The van der Waals surface area contributed by atoms with Gasteiger partial charge in [0.15, 0.2) is 0 Å². The fraction of sp³-hybridized carbons (Fsp3) is 0.688. The molecule has 2 unspecified atom stereocenters. The zero-order valence-corrected chi connectivity index (χ0v) is 13.5. The van der Waals surface area contributed by atoms with Crippen molar-refractivity contribution in [2.45, 2.75) is 64.3 Å². The number of rotatable bonds is 4. The predicted octanol–water partition coefficient (Wildman–Crippen LogP) is 2.56. The van der Waals surface area contributed by atoms with Crippen molar-refractivity contribution in [2.24, 2.45) is 7.05 Å². The van der Waals surface area contributed by atoms with Gasteiger partial charge in [0.2, 0.25) is 0 Å². The monoisotopic (exact) mass is 293 g/mol. The van der Waals surface area contributed by atoms with Crippen LogP contribution in [-0.2, 0) is 18.3 Å². The minimum absolute atomic E-state index is 0.153. The third-order valence-electron chi connectivity index (χ3n) is 3.81. The predicted molar refractivity (Wildman–Crippen MR) is 83.0 cm³/mol. The van der Waals surface area contributed by atoms with E-state index in [2.05, 4.69) is 21.3 Å². The molecule has 1 aromatic rings. The molecule has 21 heavy (non-hydrogen) atoms. The van der Waals surface area contributed by atoms with E-state index in [4.69, 9.17) is 4.74 Å². The zero-order valence-electron chi connectivity index (χ0n) is 13.5. The van der Waals surface area contributed by atoms with Gasteiger partial charge in [-0.3, -0.25) is 0 Å². The van der Waals surface area contributed by atoms with Gasteiger partial charge >= 0.3 is 6.09 Å². The number of hydrogen-bond acceptors (Lipinski definition) is 3. The molecule has 0 spiro atoms. The van der Waals surface area contributed by atoms with Gasteiger partial charge in [-0.2, -0.15) is 0 Å². The number of aromatic nitrogens is 1.